The van der Waals surface area contributed by atoms with Gasteiger partial charge in [0, 0.05) is 0 Å². The topological polar surface area (TPSA) is 92.2 Å². The molecule has 3 rings (SSSR count). The van der Waals surface area contributed by atoms with Gasteiger partial charge in [-0.2, -0.15) is 0 Å². The molecular weight excluding hydrogens is 322 g/mol. The number of hydrogen-bond acceptors (Lipinski definition) is 3. The second-order valence-corrected chi connectivity index (χ2v) is 5.14. The Morgan fingerprint density at radius 1 is 1.08 bits per heavy atom. The molecule has 1 heterocycles. The van der Waals surface area contributed by atoms with Gasteiger partial charge in [-0.05, 0) is 35.9 Å². The third-order valence-corrected chi connectivity index (χ3v) is 3.55. The zero-order valence-corrected chi connectivity index (χ0v) is 12.0. The number of nitrogens with one attached hydrogen (secondary N) is 1. The zero-order chi connectivity index (χ0) is 17.4. The summed E-state index contributed by atoms with van der Waals surface area (Å²) in [4.78, 5) is 38.0. The number of hydrogen-bond donors (Lipinski definition) is 2. The highest BCUT2D eigenvalue weighted by atomic mass is 19.2. The molecule has 0 bridgehead atoms. The summed E-state index contributed by atoms with van der Waals surface area (Å²) < 4.78 is 27.0. The molecule has 0 unspecified atom stereocenters. The average Bonchev–Trinajstić information content (AvgIpc) is 2.54. The molecule has 0 saturated carbocycles. The molecule has 0 aliphatic carbocycles. The maximum Gasteiger partial charge on any atom is 0.335 e. The third kappa shape index (κ3) is 2.69. The van der Waals surface area contributed by atoms with Crippen LogP contribution in [-0.4, -0.2) is 20.6 Å². The van der Waals surface area contributed by atoms with E-state index in [0.717, 1.165) is 22.8 Å². The predicted molar refractivity (Wildman–Crippen MR) is 81.2 cm³/mol. The molecule has 122 valence electrons. The number of fused-ring (bicyclic) bond motifs is 1. The number of rotatable bonds is 3. The number of nitrogens with zero attached hydrogens (tertiary/aromatic N) is 1. The van der Waals surface area contributed by atoms with Crippen molar-refractivity contribution in [1.82, 2.24) is 9.55 Å². The van der Waals surface area contributed by atoms with Crippen molar-refractivity contribution in [3.63, 3.8) is 0 Å². The second kappa shape index (κ2) is 5.73. The molecule has 8 heteroatoms. The number of carbonyl (C=O) groups is 1. The quantitative estimate of drug-likeness (QED) is 0.764. The van der Waals surface area contributed by atoms with Crippen LogP contribution in [0.4, 0.5) is 8.78 Å². The lowest BCUT2D eigenvalue weighted by Gasteiger charge is -2.07. The smallest absolute Gasteiger partial charge is 0.335 e. The van der Waals surface area contributed by atoms with Gasteiger partial charge in [-0.25, -0.2) is 18.4 Å². The Hall–Kier alpha value is -3.29. The van der Waals surface area contributed by atoms with Crippen LogP contribution in [0.15, 0.2) is 46.0 Å². The summed E-state index contributed by atoms with van der Waals surface area (Å²) >= 11 is 0. The van der Waals surface area contributed by atoms with Crippen LogP contribution in [-0.2, 0) is 6.54 Å². The van der Waals surface area contributed by atoms with Crippen molar-refractivity contribution in [3.8, 4) is 0 Å². The van der Waals surface area contributed by atoms with Crippen LogP contribution in [0.5, 0.6) is 0 Å². The zero-order valence-electron chi connectivity index (χ0n) is 12.0. The summed E-state index contributed by atoms with van der Waals surface area (Å²) in [7, 11) is 0. The number of carboxylic acid groups (broad SMARTS) is 1. The van der Waals surface area contributed by atoms with E-state index in [-0.39, 0.29) is 28.6 Å². The Morgan fingerprint density at radius 2 is 1.83 bits per heavy atom. The highest BCUT2D eigenvalue weighted by Gasteiger charge is 2.12. The van der Waals surface area contributed by atoms with E-state index >= 15 is 0 Å². The van der Waals surface area contributed by atoms with E-state index < -0.39 is 28.9 Å². The number of halogens is 2. The minimum absolute atomic E-state index is 0.0112. The van der Waals surface area contributed by atoms with Crippen LogP contribution in [0.3, 0.4) is 0 Å². The third-order valence-electron chi connectivity index (χ3n) is 3.55. The van der Waals surface area contributed by atoms with Crippen LogP contribution in [0.2, 0.25) is 0 Å². The van der Waals surface area contributed by atoms with E-state index in [0.29, 0.717) is 0 Å². The number of aromatic amines is 1. The van der Waals surface area contributed by atoms with Gasteiger partial charge in [0.2, 0.25) is 0 Å². The Kier molecular flexibility index (Phi) is 3.72. The highest BCUT2D eigenvalue weighted by Crippen LogP contribution is 2.11. The average molecular weight is 332 g/mol. The molecule has 2 N–H and O–H groups in total. The monoisotopic (exact) mass is 332 g/mol. The molecule has 3 aromatic rings. The highest BCUT2D eigenvalue weighted by molar-refractivity contribution is 5.92. The summed E-state index contributed by atoms with van der Waals surface area (Å²) in [6, 6.07) is 6.77. The fourth-order valence-electron chi connectivity index (χ4n) is 2.35. The first-order chi connectivity index (χ1) is 11.4. The lowest BCUT2D eigenvalue weighted by molar-refractivity contribution is 0.0697. The van der Waals surface area contributed by atoms with E-state index in [1.165, 1.54) is 18.2 Å². The normalized spacial score (nSPS) is 10.9. The molecule has 0 amide bonds. The maximum absolute atomic E-state index is 13.3. The van der Waals surface area contributed by atoms with E-state index in [4.69, 9.17) is 5.11 Å². The summed E-state index contributed by atoms with van der Waals surface area (Å²) in [5, 5.41) is 9.00. The molecule has 0 aliphatic rings. The van der Waals surface area contributed by atoms with E-state index in [9.17, 15) is 23.2 Å². The Balaban J connectivity index is 2.16. The number of benzene rings is 2. The summed E-state index contributed by atoms with van der Waals surface area (Å²) in [6.07, 6.45) is 0. The second-order valence-electron chi connectivity index (χ2n) is 5.14. The van der Waals surface area contributed by atoms with Gasteiger partial charge >= 0.3 is 11.7 Å². The van der Waals surface area contributed by atoms with Crippen molar-refractivity contribution in [3.05, 3.63) is 80.0 Å². The van der Waals surface area contributed by atoms with Crippen molar-refractivity contribution >= 4 is 16.9 Å². The minimum atomic E-state index is -1.21. The Bertz CT molecular complexity index is 1090. The van der Waals surface area contributed by atoms with Gasteiger partial charge in [-0.1, -0.05) is 6.07 Å². The van der Waals surface area contributed by atoms with Crippen molar-refractivity contribution < 1.29 is 18.7 Å². The Morgan fingerprint density at radius 3 is 2.50 bits per heavy atom. The molecule has 0 saturated heterocycles. The van der Waals surface area contributed by atoms with Gasteiger partial charge in [0.1, 0.15) is 0 Å². The fraction of sp³-hybridized carbons (Fsp3) is 0.0625. The first-order valence-corrected chi connectivity index (χ1v) is 6.81. The van der Waals surface area contributed by atoms with Crippen molar-refractivity contribution in [2.75, 3.05) is 0 Å². The number of aromatic carboxylic acids is 1. The van der Waals surface area contributed by atoms with Gasteiger partial charge in [-0.3, -0.25) is 9.36 Å². The molecule has 24 heavy (non-hydrogen) atoms. The van der Waals surface area contributed by atoms with E-state index in [1.54, 1.807) is 0 Å². The molecule has 0 spiro atoms. The van der Waals surface area contributed by atoms with Gasteiger partial charge in [0.05, 0.1) is 23.0 Å². The van der Waals surface area contributed by atoms with Crippen LogP contribution in [0, 0.1) is 11.6 Å². The maximum atomic E-state index is 13.3. The Labute approximate surface area is 132 Å². The van der Waals surface area contributed by atoms with Gasteiger partial charge in [0.15, 0.2) is 11.6 Å². The summed E-state index contributed by atoms with van der Waals surface area (Å²) in [5.74, 6) is -3.34. The molecule has 0 radical (unpaired) electrons. The molecule has 0 atom stereocenters. The fourth-order valence-corrected chi connectivity index (χ4v) is 2.35. The molecule has 0 fully saturated rings. The molecule has 2 aromatic carbocycles. The van der Waals surface area contributed by atoms with Crippen molar-refractivity contribution in [2.45, 2.75) is 6.54 Å². The first-order valence-electron chi connectivity index (χ1n) is 6.81. The predicted octanol–water partition coefficient (Wildman–Crippen LogP) is 1.71. The van der Waals surface area contributed by atoms with Gasteiger partial charge < -0.3 is 10.1 Å². The summed E-state index contributed by atoms with van der Waals surface area (Å²) in [5.41, 5.74) is -1.15. The lowest BCUT2D eigenvalue weighted by Crippen LogP contribution is -2.35. The van der Waals surface area contributed by atoms with Crippen molar-refractivity contribution in [1.29, 1.82) is 0 Å². The number of carboxylic acids is 1. The van der Waals surface area contributed by atoms with Crippen LogP contribution in [0.25, 0.3) is 10.9 Å². The van der Waals surface area contributed by atoms with E-state index in [1.807, 2.05) is 0 Å². The largest absolute Gasteiger partial charge is 0.478 e. The molecular formula is C16H10F2N2O4. The standard InChI is InChI=1S/C16H10F2N2O4/c17-11-3-1-8(5-12(11)18)7-20-14(21)10-6-9(15(22)23)2-4-13(10)19-16(20)24/h1-6H,7H2,(H,19,24)(H,22,23). The van der Waals surface area contributed by atoms with Gasteiger partial charge in [-0.15, -0.1) is 0 Å². The minimum Gasteiger partial charge on any atom is -0.478 e. The molecule has 1 aromatic heterocycles. The molecule has 0 aliphatic heterocycles. The number of aromatic nitrogens is 2. The summed E-state index contributed by atoms with van der Waals surface area (Å²) in [6.45, 7) is -0.279. The van der Waals surface area contributed by atoms with Crippen LogP contribution in [0.1, 0.15) is 15.9 Å². The van der Waals surface area contributed by atoms with Crippen molar-refractivity contribution in [2.24, 2.45) is 0 Å². The van der Waals surface area contributed by atoms with Gasteiger partial charge in [0.25, 0.3) is 5.56 Å². The lowest BCUT2D eigenvalue weighted by atomic mass is 10.1. The van der Waals surface area contributed by atoms with Crippen LogP contribution >= 0.6 is 0 Å². The van der Waals surface area contributed by atoms with Crippen LogP contribution < -0.4 is 11.2 Å². The molecule has 6 nitrogen and oxygen atoms in total. The SMILES string of the molecule is O=C(O)c1ccc2[nH]c(=O)n(Cc3ccc(F)c(F)c3)c(=O)c2c1. The number of H-pyrrole nitrogens is 1. The van der Waals surface area contributed by atoms with E-state index in [2.05, 4.69) is 4.98 Å². The first kappa shape index (κ1) is 15.6.